The lowest BCUT2D eigenvalue weighted by Gasteiger charge is -2.17. The standard InChI is InChI=1S/C12H18BrN3O/c1-2-5-17-12-8-14-7-11(15-12)16-4-3-10(6-13)9-16/h7-8,10H,2-6,9H2,1H3. The number of halogens is 1. The summed E-state index contributed by atoms with van der Waals surface area (Å²) in [5.41, 5.74) is 0. The molecule has 0 bridgehead atoms. The predicted octanol–water partition coefficient (Wildman–Crippen LogP) is 2.49. The second kappa shape index (κ2) is 6.19. The van der Waals surface area contributed by atoms with Crippen molar-refractivity contribution >= 4 is 21.7 Å². The van der Waals surface area contributed by atoms with E-state index >= 15 is 0 Å². The average molecular weight is 300 g/mol. The molecule has 1 aliphatic rings. The fraction of sp³-hybridized carbons (Fsp3) is 0.667. The van der Waals surface area contributed by atoms with Crippen LogP contribution in [-0.4, -0.2) is 35.0 Å². The van der Waals surface area contributed by atoms with Crippen LogP contribution in [0.1, 0.15) is 19.8 Å². The molecule has 94 valence electrons. The third kappa shape index (κ3) is 3.31. The van der Waals surface area contributed by atoms with E-state index in [0.29, 0.717) is 12.5 Å². The lowest BCUT2D eigenvalue weighted by atomic mass is 10.2. The topological polar surface area (TPSA) is 38.2 Å². The van der Waals surface area contributed by atoms with Crippen molar-refractivity contribution in [1.82, 2.24) is 9.97 Å². The molecule has 4 nitrogen and oxygen atoms in total. The summed E-state index contributed by atoms with van der Waals surface area (Å²) in [4.78, 5) is 11.0. The summed E-state index contributed by atoms with van der Waals surface area (Å²) in [5.74, 6) is 2.28. The summed E-state index contributed by atoms with van der Waals surface area (Å²) >= 11 is 3.54. The van der Waals surface area contributed by atoms with E-state index in [1.165, 1.54) is 6.42 Å². The van der Waals surface area contributed by atoms with Gasteiger partial charge in [-0.15, -0.1) is 0 Å². The minimum atomic E-state index is 0.631. The SMILES string of the molecule is CCCOc1cncc(N2CCC(CBr)C2)n1. The molecule has 0 amide bonds. The maximum absolute atomic E-state index is 5.50. The summed E-state index contributed by atoms with van der Waals surface area (Å²) in [5, 5.41) is 1.06. The number of ether oxygens (including phenoxy) is 1. The molecule has 1 aliphatic heterocycles. The van der Waals surface area contributed by atoms with Crippen LogP contribution in [0.15, 0.2) is 12.4 Å². The molecule has 1 saturated heterocycles. The first-order valence-corrected chi connectivity index (χ1v) is 7.21. The highest BCUT2D eigenvalue weighted by molar-refractivity contribution is 9.09. The fourth-order valence-corrected chi connectivity index (χ4v) is 2.46. The molecule has 0 aromatic carbocycles. The van der Waals surface area contributed by atoms with E-state index in [0.717, 1.165) is 36.6 Å². The predicted molar refractivity (Wildman–Crippen MR) is 71.9 cm³/mol. The zero-order valence-corrected chi connectivity index (χ0v) is 11.7. The molecule has 2 heterocycles. The molecule has 5 heteroatoms. The van der Waals surface area contributed by atoms with Crippen LogP contribution in [0.5, 0.6) is 5.88 Å². The van der Waals surface area contributed by atoms with Gasteiger partial charge in [0.2, 0.25) is 5.88 Å². The minimum absolute atomic E-state index is 0.631. The van der Waals surface area contributed by atoms with E-state index in [1.54, 1.807) is 6.20 Å². The molecule has 1 atom stereocenters. The summed E-state index contributed by atoms with van der Waals surface area (Å²) in [6, 6.07) is 0. The van der Waals surface area contributed by atoms with Crippen molar-refractivity contribution in [3.05, 3.63) is 12.4 Å². The number of hydrogen-bond acceptors (Lipinski definition) is 4. The normalized spacial score (nSPS) is 19.6. The number of nitrogens with zero attached hydrogens (tertiary/aromatic N) is 3. The third-order valence-corrected chi connectivity index (χ3v) is 3.80. The van der Waals surface area contributed by atoms with Crippen molar-refractivity contribution in [3.8, 4) is 5.88 Å². The largest absolute Gasteiger partial charge is 0.477 e. The van der Waals surface area contributed by atoms with Gasteiger partial charge in [-0.3, -0.25) is 4.98 Å². The molecule has 0 saturated carbocycles. The molecular formula is C12H18BrN3O. The van der Waals surface area contributed by atoms with Crippen LogP contribution in [-0.2, 0) is 0 Å². The van der Waals surface area contributed by atoms with Crippen LogP contribution in [0, 0.1) is 5.92 Å². The number of aromatic nitrogens is 2. The molecule has 0 N–H and O–H groups in total. The Morgan fingerprint density at radius 3 is 3.12 bits per heavy atom. The van der Waals surface area contributed by atoms with Gasteiger partial charge >= 0.3 is 0 Å². The second-order valence-electron chi connectivity index (χ2n) is 4.32. The van der Waals surface area contributed by atoms with Gasteiger partial charge in [0.1, 0.15) is 0 Å². The average Bonchev–Trinajstić information content (AvgIpc) is 2.85. The Morgan fingerprint density at radius 1 is 1.53 bits per heavy atom. The molecule has 1 aromatic rings. The zero-order valence-electron chi connectivity index (χ0n) is 10.1. The Kier molecular flexibility index (Phi) is 4.59. The molecular weight excluding hydrogens is 282 g/mol. The van der Waals surface area contributed by atoms with Crippen molar-refractivity contribution in [2.24, 2.45) is 5.92 Å². The lowest BCUT2D eigenvalue weighted by Crippen LogP contribution is -2.21. The molecule has 17 heavy (non-hydrogen) atoms. The number of alkyl halides is 1. The number of rotatable bonds is 5. The highest BCUT2D eigenvalue weighted by atomic mass is 79.9. The van der Waals surface area contributed by atoms with E-state index in [9.17, 15) is 0 Å². The summed E-state index contributed by atoms with van der Waals surface area (Å²) in [6.07, 6.45) is 5.70. The van der Waals surface area contributed by atoms with Crippen molar-refractivity contribution in [3.63, 3.8) is 0 Å². The number of hydrogen-bond donors (Lipinski definition) is 0. The van der Waals surface area contributed by atoms with Crippen LogP contribution in [0.25, 0.3) is 0 Å². The van der Waals surface area contributed by atoms with Gasteiger partial charge in [0.15, 0.2) is 5.82 Å². The van der Waals surface area contributed by atoms with Crippen LogP contribution in [0.4, 0.5) is 5.82 Å². The summed E-state index contributed by atoms with van der Waals surface area (Å²) < 4.78 is 5.50. The van der Waals surface area contributed by atoms with Crippen molar-refractivity contribution in [2.45, 2.75) is 19.8 Å². The van der Waals surface area contributed by atoms with E-state index in [4.69, 9.17) is 4.74 Å². The van der Waals surface area contributed by atoms with Gasteiger partial charge in [-0.2, -0.15) is 4.98 Å². The second-order valence-corrected chi connectivity index (χ2v) is 4.97. The van der Waals surface area contributed by atoms with E-state index in [1.807, 2.05) is 6.20 Å². The smallest absolute Gasteiger partial charge is 0.234 e. The van der Waals surface area contributed by atoms with E-state index in [-0.39, 0.29) is 0 Å². The van der Waals surface area contributed by atoms with E-state index < -0.39 is 0 Å². The Balaban J connectivity index is 2.01. The van der Waals surface area contributed by atoms with Crippen LogP contribution in [0.3, 0.4) is 0 Å². The molecule has 1 unspecified atom stereocenters. The molecule has 0 aliphatic carbocycles. The van der Waals surface area contributed by atoms with Crippen LogP contribution < -0.4 is 9.64 Å². The Morgan fingerprint density at radius 2 is 2.41 bits per heavy atom. The molecule has 1 aromatic heterocycles. The number of anilines is 1. The zero-order chi connectivity index (χ0) is 12.1. The first kappa shape index (κ1) is 12.6. The Labute approximate surface area is 111 Å². The van der Waals surface area contributed by atoms with Gasteiger partial charge < -0.3 is 9.64 Å². The van der Waals surface area contributed by atoms with Gasteiger partial charge in [0.05, 0.1) is 19.0 Å². The van der Waals surface area contributed by atoms with Gasteiger partial charge in [-0.05, 0) is 18.8 Å². The Hall–Kier alpha value is -0.840. The first-order chi connectivity index (χ1) is 8.33. The Bertz CT molecular complexity index is 361. The van der Waals surface area contributed by atoms with E-state index in [2.05, 4.69) is 37.7 Å². The van der Waals surface area contributed by atoms with Crippen LogP contribution in [0.2, 0.25) is 0 Å². The molecule has 0 radical (unpaired) electrons. The van der Waals surface area contributed by atoms with Gasteiger partial charge in [0.25, 0.3) is 0 Å². The molecule has 1 fully saturated rings. The summed E-state index contributed by atoms with van der Waals surface area (Å²) in [6.45, 7) is 4.89. The monoisotopic (exact) mass is 299 g/mol. The van der Waals surface area contributed by atoms with Crippen molar-refractivity contribution in [2.75, 3.05) is 29.9 Å². The highest BCUT2D eigenvalue weighted by Crippen LogP contribution is 2.23. The lowest BCUT2D eigenvalue weighted by molar-refractivity contribution is 0.304. The first-order valence-electron chi connectivity index (χ1n) is 6.09. The maximum atomic E-state index is 5.50. The highest BCUT2D eigenvalue weighted by Gasteiger charge is 2.22. The molecule has 0 spiro atoms. The van der Waals surface area contributed by atoms with Gasteiger partial charge in [0, 0.05) is 18.4 Å². The minimum Gasteiger partial charge on any atom is -0.477 e. The van der Waals surface area contributed by atoms with Crippen LogP contribution >= 0.6 is 15.9 Å². The maximum Gasteiger partial charge on any atom is 0.234 e. The van der Waals surface area contributed by atoms with Crippen molar-refractivity contribution in [1.29, 1.82) is 0 Å². The quantitative estimate of drug-likeness (QED) is 0.783. The third-order valence-electron chi connectivity index (χ3n) is 2.88. The molecule has 2 rings (SSSR count). The summed E-state index contributed by atoms with van der Waals surface area (Å²) in [7, 11) is 0. The fourth-order valence-electron chi connectivity index (χ4n) is 1.93. The van der Waals surface area contributed by atoms with Crippen molar-refractivity contribution < 1.29 is 4.74 Å². The van der Waals surface area contributed by atoms with Gasteiger partial charge in [-0.25, -0.2) is 0 Å². The van der Waals surface area contributed by atoms with Gasteiger partial charge in [-0.1, -0.05) is 22.9 Å².